The normalized spacial score (nSPS) is 11.7. The van der Waals surface area contributed by atoms with Crippen LogP contribution < -0.4 is 0 Å². The summed E-state index contributed by atoms with van der Waals surface area (Å²) in [6, 6.07) is 0. The van der Waals surface area contributed by atoms with Crippen molar-refractivity contribution in [1.82, 2.24) is 0 Å². The van der Waals surface area contributed by atoms with E-state index in [0.29, 0.717) is 6.61 Å². The first-order valence-corrected chi connectivity index (χ1v) is 9.81. The third kappa shape index (κ3) is 25.5. The minimum absolute atomic E-state index is 0.255. The highest BCUT2D eigenvalue weighted by molar-refractivity contribution is 5.71. The Morgan fingerprint density at radius 3 is 1.54 bits per heavy atom. The number of aliphatic carboxylic acids is 1. The fourth-order valence-electron chi connectivity index (χ4n) is 1.72. The van der Waals surface area contributed by atoms with Crippen molar-refractivity contribution in [3.63, 3.8) is 0 Å². The molecular weight excluding hydrogens is 340 g/mol. The van der Waals surface area contributed by atoms with Gasteiger partial charge in [0.15, 0.2) is 6.10 Å². The molecule has 0 rings (SSSR count). The van der Waals surface area contributed by atoms with E-state index in [9.17, 15) is 4.79 Å². The van der Waals surface area contributed by atoms with Crippen LogP contribution in [0.1, 0.15) is 65.2 Å². The van der Waals surface area contributed by atoms with Gasteiger partial charge in [-0.3, -0.25) is 0 Å². The van der Waals surface area contributed by atoms with Crippen LogP contribution >= 0.6 is 0 Å². The Balaban J connectivity index is 0. The second-order valence-electron chi connectivity index (χ2n) is 6.00. The fraction of sp³-hybridized carbons (Fsp3) is 0.947. The number of aliphatic hydroxyl groups is 2. The van der Waals surface area contributed by atoms with Gasteiger partial charge < -0.3 is 29.5 Å². The Morgan fingerprint density at radius 1 is 0.769 bits per heavy atom. The SMILES string of the molecule is CCCCOC(C)C(=O)O.OCCCCOCCCCOCCCCO. The molecule has 0 fully saturated rings. The number of carbonyl (C=O) groups is 1. The predicted molar refractivity (Wildman–Crippen MR) is 101 cm³/mol. The molecule has 0 aliphatic carbocycles. The number of carboxylic acids is 1. The summed E-state index contributed by atoms with van der Waals surface area (Å²) in [7, 11) is 0. The third-order valence-corrected chi connectivity index (χ3v) is 3.43. The molecule has 0 aliphatic heterocycles. The van der Waals surface area contributed by atoms with E-state index in [0.717, 1.165) is 77.8 Å². The molecule has 0 saturated carbocycles. The lowest BCUT2D eigenvalue weighted by molar-refractivity contribution is -0.149. The molecule has 7 heteroatoms. The number of unbranched alkanes of at least 4 members (excludes halogenated alkanes) is 4. The molecular formula is C19H40O7. The molecule has 0 aliphatic rings. The molecule has 158 valence electrons. The summed E-state index contributed by atoms with van der Waals surface area (Å²) >= 11 is 0. The molecule has 1 atom stereocenters. The first-order chi connectivity index (χ1) is 12.6. The van der Waals surface area contributed by atoms with Crippen LogP contribution in [0.15, 0.2) is 0 Å². The molecule has 0 amide bonds. The summed E-state index contributed by atoms with van der Waals surface area (Å²) in [6.45, 7) is 7.69. The van der Waals surface area contributed by atoms with Gasteiger partial charge in [-0.2, -0.15) is 0 Å². The lowest BCUT2D eigenvalue weighted by atomic mass is 10.3. The van der Waals surface area contributed by atoms with Gasteiger partial charge >= 0.3 is 5.97 Å². The minimum Gasteiger partial charge on any atom is -0.479 e. The zero-order chi connectivity index (χ0) is 19.9. The van der Waals surface area contributed by atoms with Crippen molar-refractivity contribution in [2.24, 2.45) is 0 Å². The summed E-state index contributed by atoms with van der Waals surface area (Å²) in [6.07, 6.45) is 6.89. The minimum atomic E-state index is -0.892. The Hall–Kier alpha value is -0.730. The van der Waals surface area contributed by atoms with Crippen LogP contribution in [0.25, 0.3) is 0 Å². The Kier molecular flexibility index (Phi) is 25.7. The Bertz CT molecular complexity index is 261. The smallest absolute Gasteiger partial charge is 0.332 e. The summed E-state index contributed by atoms with van der Waals surface area (Å²) < 4.78 is 15.7. The van der Waals surface area contributed by atoms with Gasteiger partial charge in [0.25, 0.3) is 0 Å². The van der Waals surface area contributed by atoms with Crippen molar-refractivity contribution in [3.8, 4) is 0 Å². The molecule has 7 nitrogen and oxygen atoms in total. The van der Waals surface area contributed by atoms with Gasteiger partial charge in [-0.15, -0.1) is 0 Å². The molecule has 0 spiro atoms. The average molecular weight is 381 g/mol. The lowest BCUT2D eigenvalue weighted by Gasteiger charge is -2.06. The summed E-state index contributed by atoms with van der Waals surface area (Å²) in [5.41, 5.74) is 0. The average Bonchev–Trinajstić information content (AvgIpc) is 2.63. The number of hydrogen-bond acceptors (Lipinski definition) is 6. The van der Waals surface area contributed by atoms with Crippen molar-refractivity contribution in [1.29, 1.82) is 0 Å². The summed E-state index contributed by atoms with van der Waals surface area (Å²) in [5.74, 6) is -0.892. The van der Waals surface area contributed by atoms with Gasteiger partial charge in [-0.1, -0.05) is 13.3 Å². The maximum Gasteiger partial charge on any atom is 0.332 e. The quantitative estimate of drug-likeness (QED) is 0.314. The van der Waals surface area contributed by atoms with E-state index in [1.807, 2.05) is 6.92 Å². The van der Waals surface area contributed by atoms with Crippen molar-refractivity contribution >= 4 is 5.97 Å². The molecule has 0 aromatic heterocycles. The second-order valence-corrected chi connectivity index (χ2v) is 6.00. The van der Waals surface area contributed by atoms with E-state index >= 15 is 0 Å². The first-order valence-electron chi connectivity index (χ1n) is 9.81. The van der Waals surface area contributed by atoms with Crippen LogP contribution in [0.2, 0.25) is 0 Å². The topological polar surface area (TPSA) is 105 Å². The number of aliphatic hydroxyl groups excluding tert-OH is 2. The molecule has 3 N–H and O–H groups in total. The zero-order valence-electron chi connectivity index (χ0n) is 16.7. The van der Waals surface area contributed by atoms with Gasteiger partial charge in [0.2, 0.25) is 0 Å². The van der Waals surface area contributed by atoms with Gasteiger partial charge in [-0.25, -0.2) is 4.79 Å². The standard InChI is InChI=1S/C12H26O4.C7H14O3/c13-7-1-3-9-15-11-5-6-12-16-10-4-2-8-14;1-3-4-5-10-6(2)7(8)9/h13-14H,1-12H2;6H,3-5H2,1-2H3,(H,8,9). The van der Waals surface area contributed by atoms with Gasteiger partial charge in [0, 0.05) is 46.2 Å². The van der Waals surface area contributed by atoms with Crippen molar-refractivity contribution in [3.05, 3.63) is 0 Å². The maximum absolute atomic E-state index is 10.2. The molecule has 0 aromatic rings. The number of ether oxygens (including phenoxy) is 3. The van der Waals surface area contributed by atoms with E-state index in [1.54, 1.807) is 0 Å². The lowest BCUT2D eigenvalue weighted by Crippen LogP contribution is -2.20. The number of rotatable bonds is 18. The van der Waals surface area contributed by atoms with Crippen LogP contribution in [0.5, 0.6) is 0 Å². The zero-order valence-corrected chi connectivity index (χ0v) is 16.7. The Morgan fingerprint density at radius 2 is 1.19 bits per heavy atom. The van der Waals surface area contributed by atoms with E-state index < -0.39 is 12.1 Å². The monoisotopic (exact) mass is 380 g/mol. The molecule has 0 aromatic carbocycles. The second kappa shape index (κ2) is 24.3. The molecule has 1 unspecified atom stereocenters. The van der Waals surface area contributed by atoms with Crippen LogP contribution in [0.3, 0.4) is 0 Å². The fourth-order valence-corrected chi connectivity index (χ4v) is 1.72. The molecule has 0 heterocycles. The van der Waals surface area contributed by atoms with Crippen molar-refractivity contribution in [2.45, 2.75) is 71.3 Å². The van der Waals surface area contributed by atoms with Crippen molar-refractivity contribution < 1.29 is 34.3 Å². The Labute approximate surface area is 158 Å². The molecule has 0 bridgehead atoms. The number of carboxylic acid groups (broad SMARTS) is 1. The van der Waals surface area contributed by atoms with Gasteiger partial charge in [-0.05, 0) is 51.9 Å². The van der Waals surface area contributed by atoms with E-state index in [1.165, 1.54) is 6.92 Å². The van der Waals surface area contributed by atoms with Gasteiger partial charge in [0.1, 0.15) is 0 Å². The van der Waals surface area contributed by atoms with E-state index in [2.05, 4.69) is 0 Å². The van der Waals surface area contributed by atoms with Crippen LogP contribution in [-0.2, 0) is 19.0 Å². The maximum atomic E-state index is 10.2. The van der Waals surface area contributed by atoms with Crippen LogP contribution in [-0.4, -0.2) is 73.6 Å². The third-order valence-electron chi connectivity index (χ3n) is 3.43. The molecule has 26 heavy (non-hydrogen) atoms. The van der Waals surface area contributed by atoms with E-state index in [-0.39, 0.29) is 13.2 Å². The first kappa shape index (κ1) is 27.5. The molecule has 0 radical (unpaired) electrons. The van der Waals surface area contributed by atoms with Crippen LogP contribution in [0, 0.1) is 0 Å². The summed E-state index contributed by atoms with van der Waals surface area (Å²) in [4.78, 5) is 10.2. The van der Waals surface area contributed by atoms with Gasteiger partial charge in [0.05, 0.1) is 0 Å². The largest absolute Gasteiger partial charge is 0.479 e. The highest BCUT2D eigenvalue weighted by Gasteiger charge is 2.09. The number of hydrogen-bond donors (Lipinski definition) is 3. The molecule has 0 saturated heterocycles. The van der Waals surface area contributed by atoms with E-state index in [4.69, 9.17) is 29.5 Å². The highest BCUT2D eigenvalue weighted by atomic mass is 16.5. The predicted octanol–water partition coefficient (Wildman–Crippen LogP) is 2.62. The van der Waals surface area contributed by atoms with Crippen molar-refractivity contribution in [2.75, 3.05) is 46.2 Å². The summed E-state index contributed by atoms with van der Waals surface area (Å²) in [5, 5.41) is 25.4. The highest BCUT2D eigenvalue weighted by Crippen LogP contribution is 1.96. The van der Waals surface area contributed by atoms with Crippen LogP contribution in [0.4, 0.5) is 0 Å².